The van der Waals surface area contributed by atoms with Crippen molar-refractivity contribution in [3.8, 4) is 0 Å². The Hall–Kier alpha value is -0.830. The molecule has 0 amide bonds. The molecule has 0 aliphatic heterocycles. The summed E-state index contributed by atoms with van der Waals surface area (Å²) in [4.78, 5) is 0. The minimum absolute atomic E-state index is 0.301. The van der Waals surface area contributed by atoms with Crippen molar-refractivity contribution in [1.82, 2.24) is 9.78 Å². The zero-order chi connectivity index (χ0) is 12.8. The van der Waals surface area contributed by atoms with E-state index in [9.17, 15) is 0 Å². The molecule has 0 saturated heterocycles. The summed E-state index contributed by atoms with van der Waals surface area (Å²) in [5.41, 5.74) is 8.42. The second kappa shape index (κ2) is 3.84. The van der Waals surface area contributed by atoms with Gasteiger partial charge < -0.3 is 5.73 Å². The van der Waals surface area contributed by atoms with Crippen LogP contribution in [0.15, 0.2) is 12.3 Å². The van der Waals surface area contributed by atoms with Gasteiger partial charge in [0, 0.05) is 25.0 Å². The van der Waals surface area contributed by atoms with E-state index >= 15 is 0 Å². The third-order valence-electron chi connectivity index (χ3n) is 5.22. The minimum Gasteiger partial charge on any atom is -0.327 e. The number of hydrogen-bond acceptors (Lipinski definition) is 2. The number of nitrogens with two attached hydrogens (primary N) is 1. The lowest BCUT2D eigenvalue weighted by molar-refractivity contribution is 0.453. The SMILES string of the molecule is Cn1nccc1CCC(N)C1C(C)(C)C1(C)C. The summed E-state index contributed by atoms with van der Waals surface area (Å²) in [6.45, 7) is 9.34. The number of rotatable bonds is 4. The molecule has 3 nitrogen and oxygen atoms in total. The lowest BCUT2D eigenvalue weighted by Gasteiger charge is -2.13. The van der Waals surface area contributed by atoms with Gasteiger partial charge in [0.25, 0.3) is 0 Å². The maximum Gasteiger partial charge on any atom is 0.0492 e. The van der Waals surface area contributed by atoms with Gasteiger partial charge in [-0.25, -0.2) is 0 Å². The van der Waals surface area contributed by atoms with Gasteiger partial charge in [-0.05, 0) is 35.7 Å². The Morgan fingerprint density at radius 1 is 1.35 bits per heavy atom. The van der Waals surface area contributed by atoms with Gasteiger partial charge in [-0.1, -0.05) is 27.7 Å². The normalized spacial score (nSPS) is 23.6. The topological polar surface area (TPSA) is 43.8 Å². The molecule has 3 heteroatoms. The fourth-order valence-electron chi connectivity index (χ4n) is 3.45. The number of hydrogen-bond donors (Lipinski definition) is 1. The van der Waals surface area contributed by atoms with Gasteiger partial charge in [-0.15, -0.1) is 0 Å². The Bertz CT molecular complexity index is 389. The van der Waals surface area contributed by atoms with Crippen molar-refractivity contribution in [2.75, 3.05) is 0 Å². The summed E-state index contributed by atoms with van der Waals surface area (Å²) in [5, 5.41) is 4.19. The van der Waals surface area contributed by atoms with Gasteiger partial charge in [-0.3, -0.25) is 4.68 Å². The molecule has 1 heterocycles. The first kappa shape index (κ1) is 12.6. The van der Waals surface area contributed by atoms with Crippen LogP contribution in [-0.2, 0) is 13.5 Å². The van der Waals surface area contributed by atoms with Crippen molar-refractivity contribution in [3.05, 3.63) is 18.0 Å². The molecule has 1 aromatic rings. The van der Waals surface area contributed by atoms with Gasteiger partial charge in [0.05, 0.1) is 0 Å². The van der Waals surface area contributed by atoms with E-state index in [1.54, 1.807) is 0 Å². The highest BCUT2D eigenvalue weighted by Gasteiger charge is 2.66. The van der Waals surface area contributed by atoms with Crippen molar-refractivity contribution >= 4 is 0 Å². The predicted octanol–water partition coefficient (Wildman–Crippen LogP) is 2.36. The zero-order valence-electron chi connectivity index (χ0n) is 11.7. The molecule has 17 heavy (non-hydrogen) atoms. The van der Waals surface area contributed by atoms with Gasteiger partial charge >= 0.3 is 0 Å². The number of aryl methyl sites for hydroxylation is 2. The first-order valence-corrected chi connectivity index (χ1v) is 6.51. The van der Waals surface area contributed by atoms with E-state index in [2.05, 4.69) is 38.9 Å². The Labute approximate surface area is 104 Å². The molecule has 96 valence electrons. The lowest BCUT2D eigenvalue weighted by atomic mass is 10.00. The fourth-order valence-corrected chi connectivity index (χ4v) is 3.45. The summed E-state index contributed by atoms with van der Waals surface area (Å²) in [6, 6.07) is 2.38. The summed E-state index contributed by atoms with van der Waals surface area (Å²) in [6.07, 6.45) is 3.93. The Morgan fingerprint density at radius 3 is 2.35 bits per heavy atom. The highest BCUT2D eigenvalue weighted by atomic mass is 15.2. The van der Waals surface area contributed by atoms with Gasteiger partial charge in [0.2, 0.25) is 0 Å². The lowest BCUT2D eigenvalue weighted by Crippen LogP contribution is -2.26. The maximum absolute atomic E-state index is 6.37. The standard InChI is InChI=1S/C14H25N3/c1-13(2)12(14(13,3)4)11(15)7-6-10-8-9-16-17(10)5/h8-9,11-12H,6-7,15H2,1-5H3. The fraction of sp³-hybridized carbons (Fsp3) is 0.786. The molecule has 1 saturated carbocycles. The van der Waals surface area contributed by atoms with E-state index in [1.165, 1.54) is 5.69 Å². The van der Waals surface area contributed by atoms with E-state index < -0.39 is 0 Å². The third-order valence-corrected chi connectivity index (χ3v) is 5.22. The predicted molar refractivity (Wildman–Crippen MR) is 70.6 cm³/mol. The van der Waals surface area contributed by atoms with Crippen molar-refractivity contribution in [2.45, 2.75) is 46.6 Å². The highest BCUT2D eigenvalue weighted by molar-refractivity contribution is 5.16. The van der Waals surface area contributed by atoms with Crippen molar-refractivity contribution in [1.29, 1.82) is 0 Å². The molecule has 2 N–H and O–H groups in total. The molecular weight excluding hydrogens is 210 g/mol. The smallest absolute Gasteiger partial charge is 0.0492 e. The molecule has 2 rings (SSSR count). The first-order valence-electron chi connectivity index (χ1n) is 6.51. The van der Waals surface area contributed by atoms with Crippen LogP contribution in [0, 0.1) is 16.7 Å². The van der Waals surface area contributed by atoms with Gasteiger partial charge in [-0.2, -0.15) is 5.10 Å². The first-order chi connectivity index (χ1) is 7.78. The molecular formula is C14H25N3. The van der Waals surface area contributed by atoms with E-state index in [1.807, 2.05) is 17.9 Å². The molecule has 1 fully saturated rings. The molecule has 1 unspecified atom stereocenters. The zero-order valence-corrected chi connectivity index (χ0v) is 11.7. The van der Waals surface area contributed by atoms with Crippen LogP contribution in [0.3, 0.4) is 0 Å². The van der Waals surface area contributed by atoms with Crippen LogP contribution < -0.4 is 5.73 Å². The number of nitrogens with zero attached hydrogens (tertiary/aromatic N) is 2. The molecule has 1 aliphatic carbocycles. The van der Waals surface area contributed by atoms with Crippen LogP contribution in [0.5, 0.6) is 0 Å². The monoisotopic (exact) mass is 235 g/mol. The summed E-state index contributed by atoms with van der Waals surface area (Å²) < 4.78 is 1.94. The molecule has 0 aromatic carbocycles. The summed E-state index contributed by atoms with van der Waals surface area (Å²) >= 11 is 0. The summed E-state index contributed by atoms with van der Waals surface area (Å²) in [7, 11) is 1.99. The molecule has 0 bridgehead atoms. The van der Waals surface area contributed by atoms with Crippen molar-refractivity contribution in [2.24, 2.45) is 29.5 Å². The second-order valence-electron chi connectivity index (χ2n) is 6.57. The molecule has 1 aromatic heterocycles. The van der Waals surface area contributed by atoms with Crippen LogP contribution in [0.1, 0.15) is 39.8 Å². The quantitative estimate of drug-likeness (QED) is 0.870. The van der Waals surface area contributed by atoms with Crippen molar-refractivity contribution in [3.63, 3.8) is 0 Å². The highest BCUT2D eigenvalue weighted by Crippen LogP contribution is 2.69. The van der Waals surface area contributed by atoms with E-state index in [4.69, 9.17) is 5.73 Å². The Morgan fingerprint density at radius 2 is 1.94 bits per heavy atom. The summed E-state index contributed by atoms with van der Waals surface area (Å²) in [5.74, 6) is 0.642. The van der Waals surface area contributed by atoms with Gasteiger partial charge in [0.15, 0.2) is 0 Å². The van der Waals surface area contributed by atoms with Crippen LogP contribution in [0.25, 0.3) is 0 Å². The van der Waals surface area contributed by atoms with Crippen molar-refractivity contribution < 1.29 is 0 Å². The Balaban J connectivity index is 1.92. The average Bonchev–Trinajstić information content (AvgIpc) is 2.53. The Kier molecular flexibility index (Phi) is 2.85. The van der Waals surface area contributed by atoms with E-state index in [0.29, 0.717) is 22.8 Å². The van der Waals surface area contributed by atoms with Crippen LogP contribution in [-0.4, -0.2) is 15.8 Å². The average molecular weight is 235 g/mol. The maximum atomic E-state index is 6.37. The van der Waals surface area contributed by atoms with Crippen LogP contribution in [0.4, 0.5) is 0 Å². The molecule has 0 spiro atoms. The third kappa shape index (κ3) is 1.90. The van der Waals surface area contributed by atoms with Crippen LogP contribution >= 0.6 is 0 Å². The molecule has 0 radical (unpaired) electrons. The van der Waals surface area contributed by atoms with Crippen LogP contribution in [0.2, 0.25) is 0 Å². The van der Waals surface area contributed by atoms with E-state index in [0.717, 1.165) is 12.8 Å². The molecule has 1 atom stereocenters. The minimum atomic E-state index is 0.301. The molecule has 1 aliphatic rings. The number of aromatic nitrogens is 2. The van der Waals surface area contributed by atoms with Gasteiger partial charge in [0.1, 0.15) is 0 Å². The largest absolute Gasteiger partial charge is 0.327 e. The second-order valence-corrected chi connectivity index (χ2v) is 6.57. The van der Waals surface area contributed by atoms with E-state index in [-0.39, 0.29) is 0 Å².